The predicted octanol–water partition coefficient (Wildman–Crippen LogP) is 5.55. The van der Waals surface area contributed by atoms with E-state index in [1.54, 1.807) is 11.0 Å². The maximum atomic E-state index is 13.0. The molecule has 3 aromatic rings. The molecule has 152 valence electrons. The minimum Gasteiger partial charge on any atom is -0.459 e. The molecular weight excluding hydrogens is 410 g/mol. The van der Waals surface area contributed by atoms with Crippen LogP contribution in [0.5, 0.6) is 0 Å². The summed E-state index contributed by atoms with van der Waals surface area (Å²) in [6.45, 7) is 6.42. The zero-order valence-electron chi connectivity index (χ0n) is 16.5. The lowest BCUT2D eigenvalue weighted by Crippen LogP contribution is -2.39. The minimum absolute atomic E-state index is 0.354. The van der Waals surface area contributed by atoms with Gasteiger partial charge in [0.15, 0.2) is 5.58 Å². The van der Waals surface area contributed by atoms with Gasteiger partial charge in [0.05, 0.1) is 22.4 Å². The number of nitrogens with zero attached hydrogens (tertiary/aromatic N) is 1. The molecule has 1 aromatic heterocycles. The Hall–Kier alpha value is -2.31. The first kappa shape index (κ1) is 20.0. The third-order valence-electron chi connectivity index (χ3n) is 4.68. The summed E-state index contributed by atoms with van der Waals surface area (Å²) >= 11 is 6.47. The number of hydrogen-bond donors (Lipinski definition) is 0. The first-order chi connectivity index (χ1) is 13.7. The standard InChI is InChI=1S/C22H22ClNO4S/c1-22(2,3)28-21(25)24-10-9-19-17(13-24)16-11-15(12-18(23)20(16)27-19)29(26)14-7-5-4-6-8-14/h4-8,11-12H,9-10,13H2,1-3H3. The van der Waals surface area contributed by atoms with Gasteiger partial charge in [-0.05, 0) is 45.0 Å². The van der Waals surface area contributed by atoms with Crippen LogP contribution in [0.4, 0.5) is 4.79 Å². The highest BCUT2D eigenvalue weighted by Gasteiger charge is 2.30. The topological polar surface area (TPSA) is 59.8 Å². The van der Waals surface area contributed by atoms with E-state index in [2.05, 4.69) is 0 Å². The van der Waals surface area contributed by atoms with Gasteiger partial charge in [0, 0.05) is 33.7 Å². The molecule has 1 amide bonds. The van der Waals surface area contributed by atoms with E-state index in [4.69, 9.17) is 20.8 Å². The maximum Gasteiger partial charge on any atom is 0.410 e. The predicted molar refractivity (Wildman–Crippen MR) is 113 cm³/mol. The SMILES string of the molecule is CC(C)(C)OC(=O)N1CCc2oc3c(Cl)cc(S(=O)c4ccccc4)cc3c2C1. The van der Waals surface area contributed by atoms with Crippen molar-refractivity contribution >= 4 is 39.5 Å². The smallest absolute Gasteiger partial charge is 0.410 e. The van der Waals surface area contributed by atoms with Crippen LogP contribution in [-0.4, -0.2) is 27.3 Å². The average Bonchev–Trinajstić information content (AvgIpc) is 3.05. The van der Waals surface area contributed by atoms with Gasteiger partial charge < -0.3 is 14.1 Å². The van der Waals surface area contributed by atoms with E-state index in [1.807, 2.05) is 57.2 Å². The van der Waals surface area contributed by atoms with Gasteiger partial charge in [0.25, 0.3) is 0 Å². The molecule has 0 saturated carbocycles. The van der Waals surface area contributed by atoms with Gasteiger partial charge >= 0.3 is 6.09 Å². The summed E-state index contributed by atoms with van der Waals surface area (Å²) in [6.07, 6.45) is 0.226. The molecule has 0 aliphatic carbocycles. The van der Waals surface area contributed by atoms with Crippen LogP contribution in [0.15, 0.2) is 56.7 Å². The third kappa shape index (κ3) is 4.05. The fraction of sp³-hybridized carbons (Fsp3) is 0.318. The summed E-state index contributed by atoms with van der Waals surface area (Å²) in [6, 6.07) is 12.8. The van der Waals surface area contributed by atoms with E-state index < -0.39 is 16.4 Å². The molecule has 1 atom stereocenters. The van der Waals surface area contributed by atoms with Gasteiger partial charge in [0.2, 0.25) is 0 Å². The second kappa shape index (κ2) is 7.50. The van der Waals surface area contributed by atoms with E-state index in [0.29, 0.717) is 39.9 Å². The average molecular weight is 432 g/mol. The van der Waals surface area contributed by atoms with Gasteiger partial charge in [-0.1, -0.05) is 29.8 Å². The Kier molecular flexibility index (Phi) is 5.17. The van der Waals surface area contributed by atoms with Gasteiger partial charge in [-0.25, -0.2) is 9.00 Å². The van der Waals surface area contributed by atoms with E-state index in [9.17, 15) is 9.00 Å². The highest BCUT2D eigenvalue weighted by molar-refractivity contribution is 7.85. The number of amides is 1. The molecule has 0 spiro atoms. The second-order valence-electron chi connectivity index (χ2n) is 8.02. The molecule has 1 aliphatic rings. The zero-order valence-corrected chi connectivity index (χ0v) is 18.1. The van der Waals surface area contributed by atoms with E-state index >= 15 is 0 Å². The number of ether oxygens (including phenoxy) is 1. The van der Waals surface area contributed by atoms with Crippen LogP contribution in [0.2, 0.25) is 5.02 Å². The van der Waals surface area contributed by atoms with E-state index in [1.165, 1.54) is 0 Å². The summed E-state index contributed by atoms with van der Waals surface area (Å²) in [7, 11) is -1.36. The van der Waals surface area contributed by atoms with Crippen molar-refractivity contribution in [2.45, 2.75) is 49.1 Å². The van der Waals surface area contributed by atoms with Crippen molar-refractivity contribution in [2.24, 2.45) is 0 Å². The monoisotopic (exact) mass is 431 g/mol. The Balaban J connectivity index is 1.71. The first-order valence-electron chi connectivity index (χ1n) is 9.41. The summed E-state index contributed by atoms with van der Waals surface area (Å²) in [5, 5.41) is 1.21. The Labute approximate surface area is 177 Å². The van der Waals surface area contributed by atoms with Crippen LogP contribution in [0.1, 0.15) is 32.1 Å². The van der Waals surface area contributed by atoms with Gasteiger partial charge in [-0.3, -0.25) is 0 Å². The van der Waals surface area contributed by atoms with Crippen molar-refractivity contribution < 1.29 is 18.2 Å². The number of furan rings is 1. The molecular formula is C22H22ClNO4S. The largest absolute Gasteiger partial charge is 0.459 e. The fourth-order valence-corrected chi connectivity index (χ4v) is 4.83. The summed E-state index contributed by atoms with van der Waals surface area (Å²) in [4.78, 5) is 15.5. The molecule has 1 unspecified atom stereocenters. The second-order valence-corrected chi connectivity index (χ2v) is 9.91. The fourth-order valence-electron chi connectivity index (χ4n) is 3.38. The Morgan fingerprint density at radius 2 is 1.90 bits per heavy atom. The minimum atomic E-state index is -1.36. The lowest BCUT2D eigenvalue weighted by molar-refractivity contribution is 0.0220. The quantitative estimate of drug-likeness (QED) is 0.534. The first-order valence-corrected chi connectivity index (χ1v) is 10.9. The molecule has 0 bridgehead atoms. The molecule has 0 N–H and O–H groups in total. The Bertz CT molecular complexity index is 1100. The van der Waals surface area contributed by atoms with Crippen molar-refractivity contribution in [2.75, 3.05) is 6.54 Å². The molecule has 1 aliphatic heterocycles. The van der Waals surface area contributed by atoms with Gasteiger partial charge in [-0.15, -0.1) is 0 Å². The number of hydrogen-bond acceptors (Lipinski definition) is 4. The Morgan fingerprint density at radius 3 is 2.59 bits per heavy atom. The lowest BCUT2D eigenvalue weighted by atomic mass is 10.1. The Morgan fingerprint density at radius 1 is 1.17 bits per heavy atom. The van der Waals surface area contributed by atoms with Crippen LogP contribution in [0, 0.1) is 0 Å². The van der Waals surface area contributed by atoms with Crippen molar-refractivity contribution in [1.29, 1.82) is 0 Å². The molecule has 4 rings (SSSR count). The van der Waals surface area contributed by atoms with Crippen molar-refractivity contribution in [3.05, 3.63) is 58.8 Å². The summed E-state index contributed by atoms with van der Waals surface area (Å²) in [5.41, 5.74) is 0.904. The molecule has 0 radical (unpaired) electrons. The third-order valence-corrected chi connectivity index (χ3v) is 6.33. The number of carbonyl (C=O) groups is 1. The molecule has 2 heterocycles. The van der Waals surface area contributed by atoms with Crippen LogP contribution in [0.25, 0.3) is 11.0 Å². The number of fused-ring (bicyclic) bond motifs is 3. The zero-order chi connectivity index (χ0) is 20.8. The van der Waals surface area contributed by atoms with Crippen LogP contribution in [0.3, 0.4) is 0 Å². The summed E-state index contributed by atoms with van der Waals surface area (Å²) in [5.74, 6) is 0.810. The summed E-state index contributed by atoms with van der Waals surface area (Å²) < 4.78 is 24.5. The number of rotatable bonds is 2. The molecule has 5 nitrogen and oxygen atoms in total. The van der Waals surface area contributed by atoms with Crippen molar-refractivity contribution in [3.8, 4) is 0 Å². The van der Waals surface area contributed by atoms with E-state index in [0.717, 1.165) is 16.7 Å². The van der Waals surface area contributed by atoms with Crippen molar-refractivity contribution in [3.63, 3.8) is 0 Å². The number of benzene rings is 2. The van der Waals surface area contributed by atoms with Crippen LogP contribution >= 0.6 is 11.6 Å². The maximum absolute atomic E-state index is 13.0. The van der Waals surface area contributed by atoms with Crippen LogP contribution in [-0.2, 0) is 28.5 Å². The van der Waals surface area contributed by atoms with Gasteiger partial charge in [-0.2, -0.15) is 0 Å². The number of carbonyl (C=O) groups excluding carboxylic acids is 1. The van der Waals surface area contributed by atoms with Crippen LogP contribution < -0.4 is 0 Å². The highest BCUT2D eigenvalue weighted by Crippen LogP contribution is 2.37. The normalized spacial score (nSPS) is 15.2. The molecule has 7 heteroatoms. The van der Waals surface area contributed by atoms with E-state index in [-0.39, 0.29) is 6.09 Å². The van der Waals surface area contributed by atoms with Gasteiger partial charge in [0.1, 0.15) is 11.4 Å². The molecule has 2 aromatic carbocycles. The highest BCUT2D eigenvalue weighted by atomic mass is 35.5. The lowest BCUT2D eigenvalue weighted by Gasteiger charge is -2.29. The molecule has 0 fully saturated rings. The van der Waals surface area contributed by atoms with Crippen molar-refractivity contribution in [1.82, 2.24) is 4.90 Å². The molecule has 29 heavy (non-hydrogen) atoms. The number of halogens is 1. The molecule has 0 saturated heterocycles.